The zero-order valence-electron chi connectivity index (χ0n) is 9.74. The van der Waals surface area contributed by atoms with Gasteiger partial charge in [0, 0.05) is 0 Å². The molecule has 0 radical (unpaired) electrons. The van der Waals surface area contributed by atoms with Gasteiger partial charge in [-0.05, 0) is 23.5 Å². The SMILES string of the molecule is C/C=C1/C=CC=C(C(C)(C)C)C1=NSN. The summed E-state index contributed by atoms with van der Waals surface area (Å²) >= 11 is 1.02. The van der Waals surface area contributed by atoms with Gasteiger partial charge in [-0.2, -0.15) is 4.40 Å². The van der Waals surface area contributed by atoms with Gasteiger partial charge in [0.15, 0.2) is 0 Å². The van der Waals surface area contributed by atoms with E-state index in [1.807, 2.05) is 6.92 Å². The first-order chi connectivity index (χ1) is 7.00. The lowest BCUT2D eigenvalue weighted by molar-refractivity contribution is 0.524. The van der Waals surface area contributed by atoms with Crippen LogP contribution in [0.15, 0.2) is 39.8 Å². The van der Waals surface area contributed by atoms with Crippen molar-refractivity contribution >= 4 is 17.8 Å². The summed E-state index contributed by atoms with van der Waals surface area (Å²) in [6.07, 6.45) is 8.30. The standard InChI is InChI=1S/C12H18N2S/c1-5-9-7-6-8-10(12(2,3)4)11(9)14-15-13/h5-8H,13H2,1-4H3/b9-5-,14-11?. The number of nitrogens with zero attached hydrogens (tertiary/aromatic N) is 1. The Labute approximate surface area is 96.3 Å². The summed E-state index contributed by atoms with van der Waals surface area (Å²) in [5.74, 6) is 0. The van der Waals surface area contributed by atoms with Crippen molar-refractivity contribution in [3.63, 3.8) is 0 Å². The second-order valence-corrected chi connectivity index (χ2v) is 4.87. The Morgan fingerprint density at radius 3 is 2.53 bits per heavy atom. The van der Waals surface area contributed by atoms with Crippen molar-refractivity contribution in [3.05, 3.63) is 35.5 Å². The average Bonchev–Trinajstić information content (AvgIpc) is 2.17. The van der Waals surface area contributed by atoms with Gasteiger partial charge < -0.3 is 0 Å². The maximum atomic E-state index is 5.43. The van der Waals surface area contributed by atoms with Crippen LogP contribution in [0.1, 0.15) is 27.7 Å². The van der Waals surface area contributed by atoms with Gasteiger partial charge in [0.1, 0.15) is 0 Å². The summed E-state index contributed by atoms with van der Waals surface area (Å²) in [4.78, 5) is 0. The third-order valence-corrected chi connectivity index (χ3v) is 2.62. The second kappa shape index (κ2) is 4.81. The van der Waals surface area contributed by atoms with Crippen LogP contribution in [0.25, 0.3) is 0 Å². The molecule has 0 aromatic carbocycles. The van der Waals surface area contributed by atoms with Crippen LogP contribution in [0, 0.1) is 5.41 Å². The maximum absolute atomic E-state index is 5.43. The molecule has 0 atom stereocenters. The Morgan fingerprint density at radius 1 is 1.40 bits per heavy atom. The first-order valence-corrected chi connectivity index (χ1v) is 5.84. The van der Waals surface area contributed by atoms with Gasteiger partial charge in [-0.15, -0.1) is 0 Å². The molecular weight excluding hydrogens is 204 g/mol. The molecule has 82 valence electrons. The fraction of sp³-hybridized carbons (Fsp3) is 0.417. The van der Waals surface area contributed by atoms with Gasteiger partial charge in [-0.3, -0.25) is 5.14 Å². The summed E-state index contributed by atoms with van der Waals surface area (Å²) in [7, 11) is 0. The van der Waals surface area contributed by atoms with Crippen molar-refractivity contribution in [2.24, 2.45) is 15.0 Å². The van der Waals surface area contributed by atoms with E-state index < -0.39 is 0 Å². The molecule has 0 aromatic heterocycles. The van der Waals surface area contributed by atoms with E-state index >= 15 is 0 Å². The van der Waals surface area contributed by atoms with Crippen LogP contribution in [0.5, 0.6) is 0 Å². The molecule has 0 unspecified atom stereocenters. The molecule has 0 fully saturated rings. The minimum atomic E-state index is 0.0909. The lowest BCUT2D eigenvalue weighted by atomic mass is 9.79. The summed E-state index contributed by atoms with van der Waals surface area (Å²) in [5.41, 5.74) is 3.46. The van der Waals surface area contributed by atoms with E-state index in [9.17, 15) is 0 Å². The molecule has 1 aliphatic carbocycles. The van der Waals surface area contributed by atoms with Gasteiger partial charge in [-0.25, -0.2) is 0 Å². The van der Waals surface area contributed by atoms with Crippen LogP contribution in [0.3, 0.4) is 0 Å². The molecule has 1 rings (SSSR count). The molecule has 0 saturated heterocycles. The lowest BCUT2D eigenvalue weighted by Crippen LogP contribution is -2.20. The normalized spacial score (nSPS) is 22.3. The van der Waals surface area contributed by atoms with Crippen molar-refractivity contribution in [2.75, 3.05) is 0 Å². The molecule has 0 aliphatic heterocycles. The van der Waals surface area contributed by atoms with Crippen molar-refractivity contribution in [1.29, 1.82) is 0 Å². The van der Waals surface area contributed by atoms with Crippen LogP contribution < -0.4 is 5.14 Å². The highest BCUT2D eigenvalue weighted by atomic mass is 32.2. The Hall–Kier alpha value is -0.800. The molecule has 1 aliphatic rings. The number of nitrogens with two attached hydrogens (primary N) is 1. The van der Waals surface area contributed by atoms with E-state index in [1.165, 1.54) is 5.57 Å². The van der Waals surface area contributed by atoms with Gasteiger partial charge in [0.25, 0.3) is 0 Å². The van der Waals surface area contributed by atoms with Gasteiger partial charge in [0.2, 0.25) is 0 Å². The minimum absolute atomic E-state index is 0.0909. The minimum Gasteiger partial charge on any atom is -0.258 e. The highest BCUT2D eigenvalue weighted by Gasteiger charge is 2.24. The first-order valence-electron chi connectivity index (χ1n) is 5.00. The monoisotopic (exact) mass is 222 g/mol. The van der Waals surface area contributed by atoms with Gasteiger partial charge in [0.05, 0.1) is 17.8 Å². The molecule has 0 heterocycles. The van der Waals surface area contributed by atoms with E-state index in [4.69, 9.17) is 5.14 Å². The van der Waals surface area contributed by atoms with Crippen LogP contribution in [0.4, 0.5) is 0 Å². The maximum Gasteiger partial charge on any atom is 0.0834 e. The number of allylic oxidation sites excluding steroid dienone is 6. The third kappa shape index (κ3) is 2.83. The molecule has 2 N–H and O–H groups in total. The topological polar surface area (TPSA) is 38.4 Å². The first kappa shape index (κ1) is 12.3. The van der Waals surface area contributed by atoms with E-state index in [0.29, 0.717) is 0 Å². The Morgan fingerprint density at radius 2 is 2.07 bits per heavy atom. The van der Waals surface area contributed by atoms with Crippen LogP contribution in [-0.4, -0.2) is 5.71 Å². The summed E-state index contributed by atoms with van der Waals surface area (Å²) in [5, 5.41) is 5.43. The Bertz CT molecular complexity index is 354. The average molecular weight is 222 g/mol. The molecule has 0 spiro atoms. The van der Waals surface area contributed by atoms with E-state index in [1.54, 1.807) is 0 Å². The summed E-state index contributed by atoms with van der Waals surface area (Å²) in [6.45, 7) is 8.56. The number of hydrogen-bond acceptors (Lipinski definition) is 3. The lowest BCUT2D eigenvalue weighted by Gasteiger charge is -2.26. The van der Waals surface area contributed by atoms with Crippen molar-refractivity contribution in [3.8, 4) is 0 Å². The Balaban J connectivity index is 3.21. The molecule has 2 nitrogen and oxygen atoms in total. The molecular formula is C12H18N2S. The van der Waals surface area contributed by atoms with Crippen LogP contribution >= 0.6 is 12.1 Å². The molecule has 0 aromatic rings. The largest absolute Gasteiger partial charge is 0.258 e. The third-order valence-electron chi connectivity index (χ3n) is 2.33. The fourth-order valence-electron chi connectivity index (χ4n) is 1.55. The predicted molar refractivity (Wildman–Crippen MR) is 69.6 cm³/mol. The van der Waals surface area contributed by atoms with Crippen LogP contribution in [-0.2, 0) is 0 Å². The predicted octanol–water partition coefficient (Wildman–Crippen LogP) is 3.44. The molecule has 15 heavy (non-hydrogen) atoms. The van der Waals surface area contributed by atoms with Crippen molar-refractivity contribution < 1.29 is 0 Å². The zero-order valence-corrected chi connectivity index (χ0v) is 10.6. The number of hydrogen-bond donors (Lipinski definition) is 1. The van der Waals surface area contributed by atoms with E-state index in [2.05, 4.69) is 49.5 Å². The summed E-state index contributed by atoms with van der Waals surface area (Å²) < 4.78 is 4.31. The van der Waals surface area contributed by atoms with Gasteiger partial charge >= 0.3 is 0 Å². The van der Waals surface area contributed by atoms with E-state index in [-0.39, 0.29) is 5.41 Å². The van der Waals surface area contributed by atoms with Gasteiger partial charge in [-0.1, -0.05) is 45.1 Å². The second-order valence-electron chi connectivity index (χ2n) is 4.48. The molecule has 0 saturated carbocycles. The highest BCUT2D eigenvalue weighted by molar-refractivity contribution is 7.95. The molecule has 3 heteroatoms. The smallest absolute Gasteiger partial charge is 0.0834 e. The molecule has 0 amide bonds. The van der Waals surface area contributed by atoms with Crippen molar-refractivity contribution in [1.82, 2.24) is 0 Å². The zero-order chi connectivity index (χ0) is 11.5. The molecule has 0 bridgehead atoms. The van der Waals surface area contributed by atoms with E-state index in [0.717, 1.165) is 23.4 Å². The summed E-state index contributed by atoms with van der Waals surface area (Å²) in [6, 6.07) is 0. The Kier molecular flexibility index (Phi) is 3.94. The quantitative estimate of drug-likeness (QED) is 0.690. The number of rotatable bonds is 1. The van der Waals surface area contributed by atoms with Crippen LogP contribution in [0.2, 0.25) is 0 Å². The fourth-order valence-corrected chi connectivity index (χ4v) is 1.86. The van der Waals surface area contributed by atoms with Crippen molar-refractivity contribution in [2.45, 2.75) is 27.7 Å². The highest BCUT2D eigenvalue weighted by Crippen LogP contribution is 2.32.